The number of aromatic nitrogens is 1. The summed E-state index contributed by atoms with van der Waals surface area (Å²) in [6.07, 6.45) is 4.16. The zero-order valence-electron chi connectivity index (χ0n) is 12.0. The normalized spacial score (nSPS) is 17.4. The van der Waals surface area contributed by atoms with Gasteiger partial charge in [-0.25, -0.2) is 0 Å². The minimum absolute atomic E-state index is 0.0581. The van der Waals surface area contributed by atoms with Crippen molar-refractivity contribution in [1.29, 1.82) is 0 Å². The molecule has 0 saturated carbocycles. The summed E-state index contributed by atoms with van der Waals surface area (Å²) in [5, 5.41) is 0. The maximum absolute atomic E-state index is 11.7. The van der Waals surface area contributed by atoms with E-state index in [4.69, 9.17) is 0 Å². The Morgan fingerprint density at radius 2 is 2.10 bits per heavy atom. The van der Waals surface area contributed by atoms with Crippen LogP contribution < -0.4 is 5.56 Å². The molecular formula is C17H20N2O. The molecule has 1 aromatic carbocycles. The minimum Gasteiger partial charge on any atom is -0.319 e. The highest BCUT2D eigenvalue weighted by atomic mass is 16.1. The van der Waals surface area contributed by atoms with Crippen molar-refractivity contribution < 1.29 is 0 Å². The lowest BCUT2D eigenvalue weighted by atomic mass is 10.1. The van der Waals surface area contributed by atoms with Crippen LogP contribution in [0, 0.1) is 0 Å². The van der Waals surface area contributed by atoms with Gasteiger partial charge >= 0.3 is 0 Å². The van der Waals surface area contributed by atoms with E-state index in [0.717, 1.165) is 18.5 Å². The van der Waals surface area contributed by atoms with Crippen LogP contribution in [0.2, 0.25) is 0 Å². The van der Waals surface area contributed by atoms with Gasteiger partial charge in [0.15, 0.2) is 0 Å². The zero-order valence-corrected chi connectivity index (χ0v) is 12.0. The van der Waals surface area contributed by atoms with E-state index in [1.54, 1.807) is 17.7 Å². The highest BCUT2D eigenvalue weighted by molar-refractivity contribution is 5.34. The largest absolute Gasteiger partial charge is 0.319 e. The molecule has 0 spiro atoms. The van der Waals surface area contributed by atoms with E-state index in [1.165, 1.54) is 17.5 Å². The molecule has 1 aromatic heterocycles. The second-order valence-electron chi connectivity index (χ2n) is 5.65. The molecule has 1 aliphatic carbocycles. The number of hydrogen-bond donors (Lipinski definition) is 0. The van der Waals surface area contributed by atoms with E-state index in [1.807, 2.05) is 12.3 Å². The van der Waals surface area contributed by atoms with Gasteiger partial charge < -0.3 is 4.57 Å². The van der Waals surface area contributed by atoms with Gasteiger partial charge in [0.05, 0.1) is 0 Å². The monoisotopic (exact) mass is 268 g/mol. The summed E-state index contributed by atoms with van der Waals surface area (Å²) in [6.45, 7) is 0.815. The van der Waals surface area contributed by atoms with Gasteiger partial charge in [0, 0.05) is 31.9 Å². The highest BCUT2D eigenvalue weighted by Crippen LogP contribution is 2.35. The molecule has 2 aromatic rings. The summed E-state index contributed by atoms with van der Waals surface area (Å²) in [7, 11) is 3.92. The number of rotatable bonds is 3. The molecule has 1 heterocycles. The molecule has 1 unspecified atom stereocenters. The van der Waals surface area contributed by atoms with Gasteiger partial charge in [0.1, 0.15) is 0 Å². The molecule has 0 saturated heterocycles. The van der Waals surface area contributed by atoms with Crippen LogP contribution in [0.3, 0.4) is 0 Å². The Hall–Kier alpha value is -1.87. The fraction of sp³-hybridized carbons (Fsp3) is 0.353. The molecule has 1 atom stereocenters. The fourth-order valence-electron chi connectivity index (χ4n) is 3.08. The smallest absolute Gasteiger partial charge is 0.250 e. The van der Waals surface area contributed by atoms with Crippen LogP contribution in [0.5, 0.6) is 0 Å². The van der Waals surface area contributed by atoms with E-state index in [0.29, 0.717) is 6.04 Å². The quantitative estimate of drug-likeness (QED) is 0.854. The Morgan fingerprint density at radius 1 is 1.30 bits per heavy atom. The van der Waals surface area contributed by atoms with E-state index in [-0.39, 0.29) is 5.56 Å². The molecule has 0 N–H and O–H groups in total. The molecule has 104 valence electrons. The van der Waals surface area contributed by atoms with Gasteiger partial charge in [0.25, 0.3) is 5.56 Å². The Morgan fingerprint density at radius 3 is 2.90 bits per heavy atom. The topological polar surface area (TPSA) is 25.2 Å². The van der Waals surface area contributed by atoms with E-state index >= 15 is 0 Å². The van der Waals surface area contributed by atoms with Gasteiger partial charge in [-0.1, -0.05) is 24.3 Å². The van der Waals surface area contributed by atoms with Crippen LogP contribution in [0.15, 0.2) is 47.4 Å². The zero-order chi connectivity index (χ0) is 14.1. The predicted molar refractivity (Wildman–Crippen MR) is 80.7 cm³/mol. The van der Waals surface area contributed by atoms with Gasteiger partial charge in [0.2, 0.25) is 0 Å². The summed E-state index contributed by atoms with van der Waals surface area (Å²) in [5.41, 5.74) is 4.05. The van der Waals surface area contributed by atoms with Crippen LogP contribution in [0.1, 0.15) is 29.2 Å². The summed E-state index contributed by atoms with van der Waals surface area (Å²) < 4.78 is 1.61. The van der Waals surface area contributed by atoms with Crippen molar-refractivity contribution in [1.82, 2.24) is 9.47 Å². The lowest BCUT2D eigenvalue weighted by Gasteiger charge is -2.25. The minimum atomic E-state index is 0.0581. The van der Waals surface area contributed by atoms with Crippen molar-refractivity contribution in [2.45, 2.75) is 25.4 Å². The van der Waals surface area contributed by atoms with E-state index in [9.17, 15) is 4.79 Å². The number of hydrogen-bond acceptors (Lipinski definition) is 2. The van der Waals surface area contributed by atoms with Crippen molar-refractivity contribution in [3.05, 3.63) is 69.6 Å². The molecule has 3 nitrogen and oxygen atoms in total. The van der Waals surface area contributed by atoms with Crippen molar-refractivity contribution in [3.63, 3.8) is 0 Å². The van der Waals surface area contributed by atoms with Crippen molar-refractivity contribution in [3.8, 4) is 0 Å². The Balaban J connectivity index is 1.79. The highest BCUT2D eigenvalue weighted by Gasteiger charge is 2.25. The number of aryl methyl sites for hydroxylation is 2. The van der Waals surface area contributed by atoms with Crippen LogP contribution in [0.4, 0.5) is 0 Å². The van der Waals surface area contributed by atoms with E-state index in [2.05, 4.69) is 36.2 Å². The first-order chi connectivity index (χ1) is 9.65. The number of benzene rings is 1. The standard InChI is InChI=1S/C17H20N2O/c1-18-10-9-13(11-17(18)20)12-19(2)16-8-7-14-5-3-4-6-15(14)16/h3-6,9-11,16H,7-8,12H2,1-2H3. The van der Waals surface area contributed by atoms with Crippen molar-refractivity contribution in [2.24, 2.45) is 7.05 Å². The second-order valence-corrected chi connectivity index (χ2v) is 5.65. The number of pyridine rings is 1. The van der Waals surface area contributed by atoms with Crippen molar-refractivity contribution >= 4 is 0 Å². The molecule has 0 radical (unpaired) electrons. The van der Waals surface area contributed by atoms with Gasteiger partial charge in [-0.3, -0.25) is 9.69 Å². The first kappa shape index (κ1) is 13.1. The first-order valence-electron chi connectivity index (χ1n) is 7.09. The molecule has 1 aliphatic rings. The summed E-state index contributed by atoms with van der Waals surface area (Å²) in [5.74, 6) is 0. The molecule has 0 aliphatic heterocycles. The van der Waals surface area contributed by atoms with E-state index < -0.39 is 0 Å². The average Bonchev–Trinajstić information content (AvgIpc) is 2.87. The number of fused-ring (bicyclic) bond motifs is 1. The first-order valence-corrected chi connectivity index (χ1v) is 7.09. The van der Waals surface area contributed by atoms with Gasteiger partial charge in [-0.2, -0.15) is 0 Å². The molecule has 0 amide bonds. The molecule has 0 bridgehead atoms. The second kappa shape index (κ2) is 5.25. The Kier molecular flexibility index (Phi) is 3.45. The lowest BCUT2D eigenvalue weighted by molar-refractivity contribution is 0.236. The summed E-state index contributed by atoms with van der Waals surface area (Å²) >= 11 is 0. The van der Waals surface area contributed by atoms with Gasteiger partial charge in [-0.05, 0) is 42.6 Å². The van der Waals surface area contributed by atoms with Gasteiger partial charge in [-0.15, -0.1) is 0 Å². The predicted octanol–water partition coefficient (Wildman–Crippen LogP) is 2.50. The third-order valence-corrected chi connectivity index (χ3v) is 4.23. The Bertz CT molecular complexity index is 675. The molecule has 0 fully saturated rings. The number of nitrogens with zero attached hydrogens (tertiary/aromatic N) is 2. The molecule has 20 heavy (non-hydrogen) atoms. The fourth-order valence-corrected chi connectivity index (χ4v) is 3.08. The maximum Gasteiger partial charge on any atom is 0.250 e. The third kappa shape index (κ3) is 2.41. The summed E-state index contributed by atoms with van der Waals surface area (Å²) in [6, 6.07) is 12.9. The molecule has 3 rings (SSSR count). The lowest BCUT2D eigenvalue weighted by Crippen LogP contribution is -2.24. The Labute approximate surface area is 119 Å². The van der Waals surface area contributed by atoms with Crippen LogP contribution in [-0.2, 0) is 20.0 Å². The molecular weight excluding hydrogens is 248 g/mol. The third-order valence-electron chi connectivity index (χ3n) is 4.23. The van der Waals surface area contributed by atoms with Crippen molar-refractivity contribution in [2.75, 3.05) is 7.05 Å². The van der Waals surface area contributed by atoms with Crippen LogP contribution in [0.25, 0.3) is 0 Å². The van der Waals surface area contributed by atoms with Crippen LogP contribution in [-0.4, -0.2) is 16.5 Å². The summed E-state index contributed by atoms with van der Waals surface area (Å²) in [4.78, 5) is 14.0. The SMILES string of the molecule is CN(Cc1ccn(C)c(=O)c1)C1CCc2ccccc21. The maximum atomic E-state index is 11.7. The molecule has 3 heteroatoms. The van der Waals surface area contributed by atoms with Crippen LogP contribution >= 0.6 is 0 Å². The average molecular weight is 268 g/mol.